The van der Waals surface area contributed by atoms with Crippen molar-refractivity contribution in [2.24, 2.45) is 18.7 Å². The second-order valence-corrected chi connectivity index (χ2v) is 5.97. The molecule has 1 fully saturated rings. The molecule has 0 saturated carbocycles. The van der Waals surface area contributed by atoms with Gasteiger partial charge in [-0.15, -0.1) is 0 Å². The van der Waals surface area contributed by atoms with Gasteiger partial charge in [0.1, 0.15) is 6.54 Å². The number of nitrogens with two attached hydrogens (primary N) is 1. The van der Waals surface area contributed by atoms with Gasteiger partial charge in [0.15, 0.2) is 0 Å². The predicted molar refractivity (Wildman–Crippen MR) is 85.7 cm³/mol. The van der Waals surface area contributed by atoms with E-state index in [-0.39, 0.29) is 30.0 Å². The number of para-hydroxylation sites is 2. The Balaban J connectivity index is 1.78. The van der Waals surface area contributed by atoms with Crippen molar-refractivity contribution in [3.05, 3.63) is 34.7 Å². The highest BCUT2D eigenvalue weighted by Gasteiger charge is 2.26. The Bertz CT molecular complexity index is 812. The third-order valence-corrected chi connectivity index (χ3v) is 4.60. The molecule has 1 saturated heterocycles. The van der Waals surface area contributed by atoms with Crippen molar-refractivity contribution >= 4 is 22.8 Å². The number of aromatic nitrogens is 2. The van der Waals surface area contributed by atoms with Crippen LogP contribution in [0.3, 0.4) is 0 Å². The van der Waals surface area contributed by atoms with Gasteiger partial charge in [-0.3, -0.25) is 18.7 Å². The summed E-state index contributed by atoms with van der Waals surface area (Å²) in [5, 5.41) is 0. The average molecular weight is 316 g/mol. The van der Waals surface area contributed by atoms with Crippen molar-refractivity contribution < 1.29 is 9.59 Å². The molecule has 1 aliphatic heterocycles. The van der Waals surface area contributed by atoms with Crippen LogP contribution in [0.2, 0.25) is 0 Å². The summed E-state index contributed by atoms with van der Waals surface area (Å²) in [7, 11) is 1.70. The van der Waals surface area contributed by atoms with E-state index in [9.17, 15) is 14.4 Å². The van der Waals surface area contributed by atoms with E-state index in [0.717, 1.165) is 11.0 Å². The van der Waals surface area contributed by atoms with E-state index in [1.807, 2.05) is 24.3 Å². The average Bonchev–Trinajstić information content (AvgIpc) is 2.80. The molecule has 0 atom stereocenters. The molecule has 1 aliphatic rings. The number of primary amides is 1. The second-order valence-electron chi connectivity index (χ2n) is 5.97. The van der Waals surface area contributed by atoms with Crippen LogP contribution in [-0.2, 0) is 23.2 Å². The Kier molecular flexibility index (Phi) is 3.94. The van der Waals surface area contributed by atoms with E-state index in [4.69, 9.17) is 5.73 Å². The largest absolute Gasteiger partial charge is 0.369 e. The molecule has 1 aromatic heterocycles. The Morgan fingerprint density at radius 2 is 1.78 bits per heavy atom. The van der Waals surface area contributed by atoms with Gasteiger partial charge in [0.2, 0.25) is 11.8 Å². The molecule has 3 rings (SSSR count). The molecule has 0 unspecified atom stereocenters. The molecule has 23 heavy (non-hydrogen) atoms. The molecule has 0 aliphatic carbocycles. The standard InChI is InChI=1S/C16H20N4O3/c1-18-12-4-2-3-5-13(12)20(16(18)23)10-14(21)19-8-6-11(7-9-19)15(17)22/h2-5,11H,6-10H2,1H3,(H2,17,22). The summed E-state index contributed by atoms with van der Waals surface area (Å²) in [4.78, 5) is 37.7. The fourth-order valence-electron chi connectivity index (χ4n) is 3.16. The molecule has 122 valence electrons. The number of hydrogen-bond acceptors (Lipinski definition) is 3. The maximum Gasteiger partial charge on any atom is 0.329 e. The molecule has 7 heteroatoms. The minimum absolute atomic E-state index is 0.0153. The highest BCUT2D eigenvalue weighted by Crippen LogP contribution is 2.17. The van der Waals surface area contributed by atoms with Crippen LogP contribution < -0.4 is 11.4 Å². The van der Waals surface area contributed by atoms with Crippen LogP contribution in [0.5, 0.6) is 0 Å². The van der Waals surface area contributed by atoms with Crippen LogP contribution in [0.25, 0.3) is 11.0 Å². The van der Waals surface area contributed by atoms with E-state index >= 15 is 0 Å². The number of aryl methyl sites for hydroxylation is 1. The zero-order chi connectivity index (χ0) is 16.6. The van der Waals surface area contributed by atoms with Crippen molar-refractivity contribution in [2.75, 3.05) is 13.1 Å². The number of amides is 2. The van der Waals surface area contributed by atoms with Gasteiger partial charge in [0.25, 0.3) is 0 Å². The summed E-state index contributed by atoms with van der Waals surface area (Å²) >= 11 is 0. The monoisotopic (exact) mass is 316 g/mol. The van der Waals surface area contributed by atoms with E-state index in [1.54, 1.807) is 16.5 Å². The summed E-state index contributed by atoms with van der Waals surface area (Å²) in [6.45, 7) is 1.03. The quantitative estimate of drug-likeness (QED) is 0.868. The lowest BCUT2D eigenvalue weighted by Gasteiger charge is -2.30. The second kappa shape index (κ2) is 5.91. The van der Waals surface area contributed by atoms with Crippen molar-refractivity contribution in [1.29, 1.82) is 0 Å². The number of hydrogen-bond donors (Lipinski definition) is 1. The van der Waals surface area contributed by atoms with Crippen LogP contribution in [0, 0.1) is 5.92 Å². The summed E-state index contributed by atoms with van der Waals surface area (Å²) in [6, 6.07) is 7.41. The normalized spacial score (nSPS) is 16.0. The number of nitrogens with zero attached hydrogens (tertiary/aromatic N) is 3. The number of imidazole rings is 1. The molecule has 2 amide bonds. The van der Waals surface area contributed by atoms with Gasteiger partial charge in [-0.25, -0.2) is 4.79 Å². The van der Waals surface area contributed by atoms with Gasteiger partial charge in [0.05, 0.1) is 11.0 Å². The minimum atomic E-state index is -0.303. The van der Waals surface area contributed by atoms with Gasteiger partial charge < -0.3 is 10.6 Å². The molecular formula is C16H20N4O3. The van der Waals surface area contributed by atoms with Gasteiger partial charge in [-0.2, -0.15) is 0 Å². The van der Waals surface area contributed by atoms with E-state index in [0.29, 0.717) is 25.9 Å². The van der Waals surface area contributed by atoms with Crippen LogP contribution in [0.15, 0.2) is 29.1 Å². The molecule has 2 aromatic rings. The molecule has 1 aromatic carbocycles. The SMILES string of the molecule is Cn1c(=O)n(CC(=O)N2CCC(C(N)=O)CC2)c2ccccc21. The molecule has 7 nitrogen and oxygen atoms in total. The fraction of sp³-hybridized carbons (Fsp3) is 0.438. The fourth-order valence-corrected chi connectivity index (χ4v) is 3.16. The van der Waals surface area contributed by atoms with E-state index in [1.165, 1.54) is 4.57 Å². The summed E-state index contributed by atoms with van der Waals surface area (Å²) in [5.74, 6) is -0.562. The highest BCUT2D eigenvalue weighted by molar-refractivity contribution is 5.81. The first-order valence-electron chi connectivity index (χ1n) is 7.70. The summed E-state index contributed by atoms with van der Waals surface area (Å²) in [5.41, 5.74) is 6.66. The van der Waals surface area contributed by atoms with Gasteiger partial charge >= 0.3 is 5.69 Å². The Morgan fingerprint density at radius 3 is 2.39 bits per heavy atom. The van der Waals surface area contributed by atoms with Gasteiger partial charge in [0, 0.05) is 26.1 Å². The minimum Gasteiger partial charge on any atom is -0.369 e. The lowest BCUT2D eigenvalue weighted by Crippen LogP contribution is -2.43. The molecule has 2 N–H and O–H groups in total. The third kappa shape index (κ3) is 2.74. The Hall–Kier alpha value is -2.57. The van der Waals surface area contributed by atoms with E-state index in [2.05, 4.69) is 0 Å². The first-order valence-corrected chi connectivity index (χ1v) is 7.70. The lowest BCUT2D eigenvalue weighted by molar-refractivity contribution is -0.135. The first-order chi connectivity index (χ1) is 11.0. The number of fused-ring (bicyclic) bond motifs is 1. The third-order valence-electron chi connectivity index (χ3n) is 4.60. The number of likely N-dealkylation sites (tertiary alicyclic amines) is 1. The molecule has 0 spiro atoms. The molecule has 2 heterocycles. The van der Waals surface area contributed by atoms with Gasteiger partial charge in [-0.05, 0) is 25.0 Å². The van der Waals surface area contributed by atoms with Crippen LogP contribution in [0.4, 0.5) is 0 Å². The summed E-state index contributed by atoms with van der Waals surface area (Å²) < 4.78 is 3.04. The van der Waals surface area contributed by atoms with Crippen LogP contribution in [0.1, 0.15) is 12.8 Å². The zero-order valence-corrected chi connectivity index (χ0v) is 13.1. The Morgan fingerprint density at radius 1 is 1.17 bits per heavy atom. The number of carbonyl (C=O) groups is 2. The lowest BCUT2D eigenvalue weighted by atomic mass is 9.96. The Labute approximate surface area is 133 Å². The number of rotatable bonds is 3. The van der Waals surface area contributed by atoms with Crippen molar-refractivity contribution in [1.82, 2.24) is 14.0 Å². The number of carbonyl (C=O) groups excluding carboxylic acids is 2. The maximum absolute atomic E-state index is 12.5. The van der Waals surface area contributed by atoms with Crippen molar-refractivity contribution in [2.45, 2.75) is 19.4 Å². The molecule has 0 radical (unpaired) electrons. The van der Waals surface area contributed by atoms with Crippen LogP contribution >= 0.6 is 0 Å². The highest BCUT2D eigenvalue weighted by atomic mass is 16.2. The predicted octanol–water partition coefficient (Wildman–Crippen LogP) is 0.0639. The molecular weight excluding hydrogens is 296 g/mol. The number of piperidine rings is 1. The number of benzene rings is 1. The zero-order valence-electron chi connectivity index (χ0n) is 13.1. The van der Waals surface area contributed by atoms with Gasteiger partial charge in [-0.1, -0.05) is 12.1 Å². The van der Waals surface area contributed by atoms with E-state index < -0.39 is 0 Å². The van der Waals surface area contributed by atoms with Crippen molar-refractivity contribution in [3.63, 3.8) is 0 Å². The maximum atomic E-state index is 12.5. The van der Waals surface area contributed by atoms with Crippen LogP contribution in [-0.4, -0.2) is 38.9 Å². The summed E-state index contributed by atoms with van der Waals surface area (Å²) in [6.07, 6.45) is 1.18. The first kappa shape index (κ1) is 15.3. The van der Waals surface area contributed by atoms with Crippen molar-refractivity contribution in [3.8, 4) is 0 Å². The topological polar surface area (TPSA) is 90.3 Å². The molecule has 0 bridgehead atoms. The smallest absolute Gasteiger partial charge is 0.329 e.